The SMILES string of the molecule is C[C@@H]1COCCN1C1CC(=O)NC(N2CCC[C@H]2c2cccc(OC(F)(F)F)c2)C1. The Balaban J connectivity index is 1.50. The number of hydrogen-bond acceptors (Lipinski definition) is 5. The number of likely N-dealkylation sites (tertiary alicyclic amines) is 1. The van der Waals surface area contributed by atoms with Gasteiger partial charge in [0.2, 0.25) is 5.91 Å². The molecular weight excluding hydrogens is 399 g/mol. The summed E-state index contributed by atoms with van der Waals surface area (Å²) < 4.78 is 47.5. The topological polar surface area (TPSA) is 54.0 Å². The van der Waals surface area contributed by atoms with Crippen LogP contribution in [0.2, 0.25) is 0 Å². The fourth-order valence-electron chi connectivity index (χ4n) is 5.05. The number of alkyl halides is 3. The number of carbonyl (C=O) groups is 1. The Kier molecular flexibility index (Phi) is 6.22. The summed E-state index contributed by atoms with van der Waals surface area (Å²) in [7, 11) is 0. The summed E-state index contributed by atoms with van der Waals surface area (Å²) in [6.07, 6.45) is -1.82. The third-order valence-corrected chi connectivity index (χ3v) is 6.30. The molecule has 3 heterocycles. The molecule has 1 aromatic rings. The lowest BCUT2D eigenvalue weighted by atomic mass is 9.97. The fraction of sp³-hybridized carbons (Fsp3) is 0.667. The zero-order valence-corrected chi connectivity index (χ0v) is 17.0. The molecule has 0 saturated carbocycles. The molecule has 3 aliphatic heterocycles. The van der Waals surface area contributed by atoms with Crippen molar-refractivity contribution < 1.29 is 27.4 Å². The zero-order chi connectivity index (χ0) is 21.3. The summed E-state index contributed by atoms with van der Waals surface area (Å²) in [5, 5.41) is 3.11. The Morgan fingerprint density at radius 2 is 2.07 bits per heavy atom. The van der Waals surface area contributed by atoms with E-state index in [2.05, 4.69) is 26.8 Å². The lowest BCUT2D eigenvalue weighted by Crippen LogP contribution is -2.59. The second-order valence-corrected chi connectivity index (χ2v) is 8.35. The maximum Gasteiger partial charge on any atom is 0.573 e. The highest BCUT2D eigenvalue weighted by molar-refractivity contribution is 5.77. The van der Waals surface area contributed by atoms with Crippen molar-refractivity contribution in [1.29, 1.82) is 0 Å². The predicted octanol–water partition coefficient (Wildman–Crippen LogP) is 3.05. The van der Waals surface area contributed by atoms with Crippen molar-refractivity contribution >= 4 is 5.91 Å². The van der Waals surface area contributed by atoms with E-state index in [-0.39, 0.29) is 35.9 Å². The molecule has 1 amide bonds. The molecule has 0 bridgehead atoms. The van der Waals surface area contributed by atoms with Gasteiger partial charge < -0.3 is 14.8 Å². The molecule has 1 N–H and O–H groups in total. The van der Waals surface area contributed by atoms with Crippen LogP contribution in [-0.4, -0.2) is 66.6 Å². The minimum Gasteiger partial charge on any atom is -0.406 e. The summed E-state index contributed by atoms with van der Waals surface area (Å²) in [6, 6.07) is 6.55. The molecule has 4 atom stereocenters. The molecule has 0 aromatic heterocycles. The first-order valence-corrected chi connectivity index (χ1v) is 10.5. The van der Waals surface area contributed by atoms with E-state index in [1.54, 1.807) is 6.07 Å². The third kappa shape index (κ3) is 4.90. The highest BCUT2D eigenvalue weighted by atomic mass is 19.4. The number of amides is 1. The lowest BCUT2D eigenvalue weighted by Gasteiger charge is -2.45. The first-order valence-electron chi connectivity index (χ1n) is 10.5. The number of ether oxygens (including phenoxy) is 2. The van der Waals surface area contributed by atoms with E-state index in [0.29, 0.717) is 19.6 Å². The first-order chi connectivity index (χ1) is 14.3. The number of carbonyl (C=O) groups excluding carboxylic acids is 1. The van der Waals surface area contributed by atoms with E-state index in [4.69, 9.17) is 4.74 Å². The van der Waals surface area contributed by atoms with Gasteiger partial charge in [-0.3, -0.25) is 14.6 Å². The molecule has 6 nitrogen and oxygen atoms in total. The van der Waals surface area contributed by atoms with Gasteiger partial charge in [-0.1, -0.05) is 12.1 Å². The molecule has 4 rings (SSSR count). The van der Waals surface area contributed by atoms with Gasteiger partial charge in [0, 0.05) is 37.6 Å². The van der Waals surface area contributed by atoms with Crippen LogP contribution in [0, 0.1) is 0 Å². The summed E-state index contributed by atoms with van der Waals surface area (Å²) in [5.74, 6) is -0.186. The zero-order valence-electron chi connectivity index (χ0n) is 17.0. The highest BCUT2D eigenvalue weighted by Crippen LogP contribution is 2.37. The molecule has 0 aliphatic carbocycles. The van der Waals surface area contributed by atoms with Crippen LogP contribution in [0.3, 0.4) is 0 Å². The lowest BCUT2D eigenvalue weighted by molar-refractivity contribution is -0.274. The first kappa shape index (κ1) is 21.4. The average molecular weight is 427 g/mol. The molecule has 3 aliphatic rings. The monoisotopic (exact) mass is 427 g/mol. The number of piperidine rings is 1. The predicted molar refractivity (Wildman–Crippen MR) is 104 cm³/mol. The molecule has 3 saturated heterocycles. The Hall–Kier alpha value is -1.84. The Labute approximate surface area is 174 Å². The molecule has 0 spiro atoms. The second kappa shape index (κ2) is 8.72. The summed E-state index contributed by atoms with van der Waals surface area (Å²) in [5.41, 5.74) is 0.783. The van der Waals surface area contributed by atoms with Crippen LogP contribution in [0.5, 0.6) is 5.75 Å². The van der Waals surface area contributed by atoms with Gasteiger partial charge in [0.1, 0.15) is 5.75 Å². The molecular formula is C21H28F3N3O3. The van der Waals surface area contributed by atoms with Crippen molar-refractivity contribution in [2.24, 2.45) is 0 Å². The van der Waals surface area contributed by atoms with Crippen molar-refractivity contribution in [3.63, 3.8) is 0 Å². The van der Waals surface area contributed by atoms with Crippen LogP contribution in [0.1, 0.15) is 44.2 Å². The van der Waals surface area contributed by atoms with E-state index in [1.165, 1.54) is 12.1 Å². The molecule has 1 aromatic carbocycles. The molecule has 9 heteroatoms. The van der Waals surface area contributed by atoms with Gasteiger partial charge in [-0.15, -0.1) is 13.2 Å². The van der Waals surface area contributed by atoms with Crippen LogP contribution >= 0.6 is 0 Å². The van der Waals surface area contributed by atoms with Gasteiger partial charge in [-0.05, 0) is 43.9 Å². The molecule has 166 valence electrons. The van der Waals surface area contributed by atoms with Crippen LogP contribution in [0.25, 0.3) is 0 Å². The van der Waals surface area contributed by atoms with E-state index in [1.807, 2.05) is 6.07 Å². The summed E-state index contributed by atoms with van der Waals surface area (Å²) >= 11 is 0. The molecule has 0 radical (unpaired) electrons. The number of hydrogen-bond donors (Lipinski definition) is 1. The van der Waals surface area contributed by atoms with Crippen LogP contribution in [-0.2, 0) is 9.53 Å². The summed E-state index contributed by atoms with van der Waals surface area (Å²) in [6.45, 7) is 5.06. The van der Waals surface area contributed by atoms with Crippen molar-refractivity contribution in [3.8, 4) is 5.75 Å². The van der Waals surface area contributed by atoms with Gasteiger partial charge >= 0.3 is 6.36 Å². The standard InChI is InChI=1S/C21H28F3N3O3/c1-14-13-29-9-8-26(14)16-11-19(25-20(28)12-16)27-7-3-6-18(27)15-4-2-5-17(10-15)30-21(22,23)24/h2,4-5,10,14,16,18-19H,3,6-9,11-13H2,1H3,(H,25,28)/t14-,16?,18+,19?/m1/s1. The maximum atomic E-state index is 12.6. The van der Waals surface area contributed by atoms with Gasteiger partial charge in [0.25, 0.3) is 0 Å². The number of rotatable bonds is 4. The van der Waals surface area contributed by atoms with Crippen molar-refractivity contribution in [3.05, 3.63) is 29.8 Å². The van der Waals surface area contributed by atoms with E-state index < -0.39 is 6.36 Å². The highest BCUT2D eigenvalue weighted by Gasteiger charge is 2.40. The van der Waals surface area contributed by atoms with Crippen molar-refractivity contribution in [2.75, 3.05) is 26.3 Å². The smallest absolute Gasteiger partial charge is 0.406 e. The Morgan fingerprint density at radius 3 is 2.83 bits per heavy atom. The van der Waals surface area contributed by atoms with Crippen molar-refractivity contribution in [2.45, 2.75) is 63.3 Å². The number of nitrogens with zero attached hydrogens (tertiary/aromatic N) is 2. The minimum absolute atomic E-state index is 0.0229. The number of halogens is 3. The number of benzene rings is 1. The van der Waals surface area contributed by atoms with Gasteiger partial charge in [-0.2, -0.15) is 0 Å². The molecule has 30 heavy (non-hydrogen) atoms. The van der Waals surface area contributed by atoms with Crippen molar-refractivity contribution in [1.82, 2.24) is 15.1 Å². The van der Waals surface area contributed by atoms with Crippen LogP contribution in [0.15, 0.2) is 24.3 Å². The van der Waals surface area contributed by atoms with Gasteiger partial charge in [0.15, 0.2) is 0 Å². The van der Waals surface area contributed by atoms with Crippen LogP contribution < -0.4 is 10.1 Å². The van der Waals surface area contributed by atoms with E-state index >= 15 is 0 Å². The number of nitrogens with one attached hydrogen (secondary N) is 1. The normalized spacial score (nSPS) is 31.5. The average Bonchev–Trinajstić information content (AvgIpc) is 3.17. The Morgan fingerprint density at radius 1 is 1.23 bits per heavy atom. The summed E-state index contributed by atoms with van der Waals surface area (Å²) in [4.78, 5) is 17.1. The van der Waals surface area contributed by atoms with E-state index in [0.717, 1.165) is 37.9 Å². The fourth-order valence-corrected chi connectivity index (χ4v) is 5.05. The molecule has 3 fully saturated rings. The van der Waals surface area contributed by atoms with E-state index in [9.17, 15) is 18.0 Å². The Bertz CT molecular complexity index is 761. The number of morpholine rings is 1. The van der Waals surface area contributed by atoms with Gasteiger partial charge in [-0.25, -0.2) is 0 Å². The molecule has 2 unspecified atom stereocenters. The quantitative estimate of drug-likeness (QED) is 0.801. The van der Waals surface area contributed by atoms with Gasteiger partial charge in [0.05, 0.1) is 19.4 Å². The van der Waals surface area contributed by atoms with Crippen LogP contribution in [0.4, 0.5) is 13.2 Å². The second-order valence-electron chi connectivity index (χ2n) is 8.35. The largest absolute Gasteiger partial charge is 0.573 e. The third-order valence-electron chi connectivity index (χ3n) is 6.30. The maximum absolute atomic E-state index is 12.6. The minimum atomic E-state index is -4.71.